The zero-order chi connectivity index (χ0) is 10.6. The molecule has 0 aromatic rings. The lowest BCUT2D eigenvalue weighted by atomic mass is 9.90. The van der Waals surface area contributed by atoms with Crippen LogP contribution in [0.15, 0.2) is 12.2 Å². The summed E-state index contributed by atoms with van der Waals surface area (Å²) in [4.78, 5) is 2.55. The molecule has 1 aliphatic rings. The van der Waals surface area contributed by atoms with E-state index in [-0.39, 0.29) is 0 Å². The number of nitrogens with zero attached hydrogens (tertiary/aromatic N) is 1. The molecule has 82 valence electrons. The Hall–Kier alpha value is -0.300. The maximum Gasteiger partial charge on any atom is 0.0166 e. The second-order valence-electron chi connectivity index (χ2n) is 5.07. The quantitative estimate of drug-likeness (QED) is 0.611. The van der Waals surface area contributed by atoms with Crippen LogP contribution in [-0.2, 0) is 0 Å². The first-order valence-corrected chi connectivity index (χ1v) is 6.02. The van der Waals surface area contributed by atoms with Crippen molar-refractivity contribution in [2.75, 3.05) is 13.1 Å². The Morgan fingerprint density at radius 1 is 1.21 bits per heavy atom. The highest BCUT2D eigenvalue weighted by atomic mass is 15.1. The van der Waals surface area contributed by atoms with Gasteiger partial charge in [-0.2, -0.15) is 0 Å². The molecule has 0 amide bonds. The van der Waals surface area contributed by atoms with Gasteiger partial charge < -0.3 is 0 Å². The molecule has 0 saturated heterocycles. The van der Waals surface area contributed by atoms with Crippen LogP contribution in [0.25, 0.3) is 0 Å². The number of allylic oxidation sites excluding steroid dienone is 1. The molecule has 0 aromatic carbocycles. The Morgan fingerprint density at radius 2 is 1.93 bits per heavy atom. The van der Waals surface area contributed by atoms with Gasteiger partial charge in [0.15, 0.2) is 0 Å². The average Bonchev–Trinajstić information content (AvgIpc) is 2.01. The van der Waals surface area contributed by atoms with Gasteiger partial charge in [0.1, 0.15) is 0 Å². The molecule has 0 fully saturated rings. The molecule has 1 rings (SSSR count). The van der Waals surface area contributed by atoms with Crippen molar-refractivity contribution in [3.63, 3.8) is 0 Å². The zero-order valence-corrected chi connectivity index (χ0v) is 10.2. The van der Waals surface area contributed by atoms with Gasteiger partial charge in [0, 0.05) is 12.6 Å². The molecule has 0 radical (unpaired) electrons. The molecule has 0 aliphatic carbocycles. The van der Waals surface area contributed by atoms with E-state index in [1.165, 1.54) is 19.4 Å². The lowest BCUT2D eigenvalue weighted by molar-refractivity contribution is 0.227. The molecule has 1 unspecified atom stereocenters. The predicted octanol–water partition coefficient (Wildman–Crippen LogP) is 3.32. The van der Waals surface area contributed by atoms with Crippen molar-refractivity contribution in [1.82, 2.24) is 4.90 Å². The van der Waals surface area contributed by atoms with Crippen LogP contribution in [0.1, 0.15) is 40.5 Å². The minimum Gasteiger partial charge on any atom is -0.297 e. The standard InChI is InChI=1S/C13H25N/c1-11(2)13-7-5-9-14(12(3)4)10-6-8-13/h5,7,11-13H,6,8-10H2,1-4H3/b7-5-. The third kappa shape index (κ3) is 3.45. The van der Waals surface area contributed by atoms with E-state index in [2.05, 4.69) is 44.7 Å². The fourth-order valence-corrected chi connectivity index (χ4v) is 2.11. The molecule has 1 atom stereocenters. The number of hydrogen-bond acceptors (Lipinski definition) is 1. The maximum absolute atomic E-state index is 2.55. The van der Waals surface area contributed by atoms with E-state index in [1.807, 2.05) is 0 Å². The summed E-state index contributed by atoms with van der Waals surface area (Å²) in [5.41, 5.74) is 0. The SMILES string of the molecule is CC(C)C1/C=C\CN(C(C)C)CCC1. The van der Waals surface area contributed by atoms with Gasteiger partial charge in [-0.15, -0.1) is 0 Å². The normalized spacial score (nSPS) is 27.7. The van der Waals surface area contributed by atoms with E-state index >= 15 is 0 Å². The van der Waals surface area contributed by atoms with E-state index in [0.29, 0.717) is 6.04 Å². The van der Waals surface area contributed by atoms with Crippen LogP contribution in [-0.4, -0.2) is 24.0 Å². The van der Waals surface area contributed by atoms with Gasteiger partial charge in [0.25, 0.3) is 0 Å². The first kappa shape index (κ1) is 11.8. The van der Waals surface area contributed by atoms with Crippen molar-refractivity contribution in [3.8, 4) is 0 Å². The highest BCUT2D eigenvalue weighted by Gasteiger charge is 2.14. The van der Waals surface area contributed by atoms with Gasteiger partial charge in [0.05, 0.1) is 0 Å². The van der Waals surface area contributed by atoms with Gasteiger partial charge >= 0.3 is 0 Å². The Bertz CT molecular complexity index is 182. The summed E-state index contributed by atoms with van der Waals surface area (Å²) in [5.74, 6) is 1.61. The van der Waals surface area contributed by atoms with E-state index in [0.717, 1.165) is 18.4 Å². The second-order valence-corrected chi connectivity index (χ2v) is 5.07. The fraction of sp³-hybridized carbons (Fsp3) is 0.846. The van der Waals surface area contributed by atoms with E-state index in [4.69, 9.17) is 0 Å². The minimum atomic E-state index is 0.690. The summed E-state index contributed by atoms with van der Waals surface area (Å²) in [6, 6.07) is 0.690. The molecule has 14 heavy (non-hydrogen) atoms. The first-order chi connectivity index (χ1) is 6.61. The van der Waals surface area contributed by atoms with Crippen LogP contribution in [0.4, 0.5) is 0 Å². The van der Waals surface area contributed by atoms with E-state index in [9.17, 15) is 0 Å². The monoisotopic (exact) mass is 195 g/mol. The smallest absolute Gasteiger partial charge is 0.0166 e. The molecular formula is C13H25N. The average molecular weight is 195 g/mol. The Morgan fingerprint density at radius 3 is 2.50 bits per heavy atom. The molecule has 0 aromatic heterocycles. The van der Waals surface area contributed by atoms with Gasteiger partial charge in [0.2, 0.25) is 0 Å². The maximum atomic E-state index is 2.55. The molecule has 0 N–H and O–H groups in total. The predicted molar refractivity (Wildman–Crippen MR) is 63.4 cm³/mol. The first-order valence-electron chi connectivity index (χ1n) is 6.02. The fourth-order valence-electron chi connectivity index (χ4n) is 2.11. The third-order valence-electron chi connectivity index (χ3n) is 3.29. The summed E-state index contributed by atoms with van der Waals surface area (Å²) in [5, 5.41) is 0. The molecule has 0 spiro atoms. The van der Waals surface area contributed by atoms with Crippen LogP contribution in [0, 0.1) is 11.8 Å². The van der Waals surface area contributed by atoms with E-state index in [1.54, 1.807) is 0 Å². The van der Waals surface area contributed by atoms with Crippen LogP contribution in [0.5, 0.6) is 0 Å². The molecule has 0 saturated carbocycles. The number of hydrogen-bond donors (Lipinski definition) is 0. The molecule has 1 heterocycles. The summed E-state index contributed by atoms with van der Waals surface area (Å²) >= 11 is 0. The largest absolute Gasteiger partial charge is 0.297 e. The van der Waals surface area contributed by atoms with Gasteiger partial charge in [-0.05, 0) is 45.1 Å². The Kier molecular flexibility index (Phi) is 4.67. The number of rotatable bonds is 2. The zero-order valence-electron chi connectivity index (χ0n) is 10.2. The molecular weight excluding hydrogens is 170 g/mol. The summed E-state index contributed by atoms with van der Waals surface area (Å²) in [6.07, 6.45) is 7.51. The van der Waals surface area contributed by atoms with Crippen LogP contribution in [0.2, 0.25) is 0 Å². The van der Waals surface area contributed by atoms with Crippen LogP contribution >= 0.6 is 0 Å². The van der Waals surface area contributed by atoms with Gasteiger partial charge in [-0.25, -0.2) is 0 Å². The van der Waals surface area contributed by atoms with Gasteiger partial charge in [-0.3, -0.25) is 4.90 Å². The van der Waals surface area contributed by atoms with Crippen LogP contribution in [0.3, 0.4) is 0 Å². The summed E-state index contributed by atoms with van der Waals surface area (Å²) < 4.78 is 0. The van der Waals surface area contributed by atoms with Crippen molar-refractivity contribution in [3.05, 3.63) is 12.2 Å². The lowest BCUT2D eigenvalue weighted by Crippen LogP contribution is -2.33. The van der Waals surface area contributed by atoms with Crippen molar-refractivity contribution < 1.29 is 0 Å². The van der Waals surface area contributed by atoms with Crippen LogP contribution < -0.4 is 0 Å². The molecule has 1 heteroatoms. The Labute approximate surface area is 89.2 Å². The van der Waals surface area contributed by atoms with Crippen molar-refractivity contribution in [2.45, 2.75) is 46.6 Å². The molecule has 0 bridgehead atoms. The third-order valence-corrected chi connectivity index (χ3v) is 3.29. The van der Waals surface area contributed by atoms with Gasteiger partial charge in [-0.1, -0.05) is 26.0 Å². The van der Waals surface area contributed by atoms with Crippen molar-refractivity contribution in [2.24, 2.45) is 11.8 Å². The highest BCUT2D eigenvalue weighted by molar-refractivity contribution is 4.94. The second kappa shape index (κ2) is 5.55. The topological polar surface area (TPSA) is 3.24 Å². The highest BCUT2D eigenvalue weighted by Crippen LogP contribution is 2.21. The summed E-state index contributed by atoms with van der Waals surface area (Å²) in [7, 11) is 0. The molecule has 1 nitrogen and oxygen atoms in total. The van der Waals surface area contributed by atoms with Crippen molar-refractivity contribution in [1.29, 1.82) is 0 Å². The Balaban J connectivity index is 2.50. The van der Waals surface area contributed by atoms with Crippen molar-refractivity contribution >= 4 is 0 Å². The lowest BCUT2D eigenvalue weighted by Gasteiger charge is -2.28. The minimum absolute atomic E-state index is 0.690. The molecule has 1 aliphatic heterocycles. The summed E-state index contributed by atoms with van der Waals surface area (Å²) in [6.45, 7) is 11.6. The van der Waals surface area contributed by atoms with E-state index < -0.39 is 0 Å².